The quantitative estimate of drug-likeness (QED) is 0.293. The molecule has 3 aromatic carbocycles. The lowest BCUT2D eigenvalue weighted by molar-refractivity contribution is -0.384. The fraction of sp³-hybridized carbons (Fsp3) is 0.286. The first-order chi connectivity index (χ1) is 19.0. The van der Waals surface area contributed by atoms with Crippen LogP contribution in [-0.2, 0) is 0 Å². The van der Waals surface area contributed by atoms with E-state index < -0.39 is 4.92 Å². The van der Waals surface area contributed by atoms with E-state index in [1.165, 1.54) is 24.3 Å². The molecule has 39 heavy (non-hydrogen) atoms. The molecular weight excluding hydrogens is 504 g/mol. The van der Waals surface area contributed by atoms with Gasteiger partial charge in [0.25, 0.3) is 5.69 Å². The van der Waals surface area contributed by atoms with E-state index in [4.69, 9.17) is 9.97 Å². The smallest absolute Gasteiger partial charge is 0.271 e. The van der Waals surface area contributed by atoms with Gasteiger partial charge in [-0.2, -0.15) is 0 Å². The van der Waals surface area contributed by atoms with Crippen LogP contribution in [0, 0.1) is 21.7 Å². The van der Waals surface area contributed by atoms with Gasteiger partial charge in [0.05, 0.1) is 28.0 Å². The maximum Gasteiger partial charge on any atom is 0.271 e. The van der Waals surface area contributed by atoms with Crippen molar-refractivity contribution in [2.45, 2.75) is 12.1 Å². The summed E-state index contributed by atoms with van der Waals surface area (Å²) in [5, 5.41) is 18.2. The Hall–Kier alpha value is -4.22. The fourth-order valence-electron chi connectivity index (χ4n) is 5.49. The summed E-state index contributed by atoms with van der Waals surface area (Å²) >= 11 is 0. The number of hydrogen-bond donors (Lipinski definition) is 2. The third-order valence-corrected chi connectivity index (χ3v) is 7.38. The van der Waals surface area contributed by atoms with Crippen LogP contribution in [0.15, 0.2) is 66.7 Å². The second-order valence-electron chi connectivity index (χ2n) is 9.67. The van der Waals surface area contributed by atoms with Crippen molar-refractivity contribution in [3.8, 4) is 0 Å². The van der Waals surface area contributed by atoms with Crippen molar-refractivity contribution in [1.82, 2.24) is 20.6 Å². The van der Waals surface area contributed by atoms with Gasteiger partial charge in [-0.3, -0.25) is 10.1 Å². The van der Waals surface area contributed by atoms with Crippen molar-refractivity contribution in [2.24, 2.45) is 0 Å². The third kappa shape index (κ3) is 4.75. The average Bonchev–Trinajstić information content (AvgIpc) is 2.97. The Morgan fingerprint density at radius 3 is 1.79 bits per heavy atom. The molecule has 2 unspecified atom stereocenters. The predicted molar refractivity (Wildman–Crippen MR) is 145 cm³/mol. The van der Waals surface area contributed by atoms with Gasteiger partial charge >= 0.3 is 0 Å². The minimum atomic E-state index is -0.466. The Balaban J connectivity index is 1.54. The molecule has 200 valence electrons. The molecule has 11 heteroatoms. The van der Waals surface area contributed by atoms with Gasteiger partial charge < -0.3 is 20.4 Å². The van der Waals surface area contributed by atoms with E-state index in [0.29, 0.717) is 73.1 Å². The number of rotatable bonds is 5. The molecular formula is C28H27F2N7O2. The van der Waals surface area contributed by atoms with Crippen molar-refractivity contribution in [3.63, 3.8) is 0 Å². The van der Waals surface area contributed by atoms with Crippen LogP contribution >= 0.6 is 0 Å². The molecule has 4 aromatic rings. The zero-order chi connectivity index (χ0) is 26.9. The van der Waals surface area contributed by atoms with Crippen molar-refractivity contribution >= 4 is 28.4 Å². The van der Waals surface area contributed by atoms with E-state index in [-0.39, 0.29) is 29.4 Å². The summed E-state index contributed by atoms with van der Waals surface area (Å²) in [6.07, 6.45) is 0. The number of halogens is 2. The SMILES string of the molecule is O=[N+]([O-])c1ccc2nc(N3CCNCC3c3ccccc3F)c(N3CCNCC3c3ccccc3F)nc2c1. The van der Waals surface area contributed by atoms with Gasteiger partial charge in [0.2, 0.25) is 0 Å². The number of fused-ring (bicyclic) bond motifs is 1. The number of benzene rings is 3. The average molecular weight is 532 g/mol. The monoisotopic (exact) mass is 531 g/mol. The number of non-ortho nitro benzene ring substituents is 1. The standard InChI is InChI=1S/C28H27F2N7O2/c29-21-7-3-1-5-19(21)25-16-31-11-13-35(25)27-28(34-24-15-18(37(38)39)9-10-23(24)33-27)36-14-12-32-17-26(36)20-6-2-4-8-22(20)30/h1-10,15,25-26,31-32H,11-14,16-17H2. The molecule has 0 spiro atoms. The topological polar surface area (TPSA) is 99.5 Å². The minimum absolute atomic E-state index is 0.0899. The lowest BCUT2D eigenvalue weighted by Crippen LogP contribution is -2.50. The van der Waals surface area contributed by atoms with Crippen LogP contribution in [0.25, 0.3) is 11.0 Å². The number of nitrogens with one attached hydrogen (secondary N) is 2. The number of nitrogens with zero attached hydrogens (tertiary/aromatic N) is 5. The van der Waals surface area contributed by atoms with Crippen LogP contribution in [-0.4, -0.2) is 54.2 Å². The van der Waals surface area contributed by atoms with Crippen LogP contribution in [0.5, 0.6) is 0 Å². The fourth-order valence-corrected chi connectivity index (χ4v) is 5.49. The number of nitro benzene ring substituents is 1. The first-order valence-corrected chi connectivity index (χ1v) is 12.9. The number of anilines is 2. The van der Waals surface area contributed by atoms with Gasteiger partial charge in [-0.05, 0) is 18.2 Å². The van der Waals surface area contributed by atoms with Crippen LogP contribution in [0.4, 0.5) is 26.1 Å². The zero-order valence-electron chi connectivity index (χ0n) is 21.1. The summed E-state index contributed by atoms with van der Waals surface area (Å²) < 4.78 is 30.0. The highest BCUT2D eigenvalue weighted by Crippen LogP contribution is 2.39. The lowest BCUT2D eigenvalue weighted by Gasteiger charge is -2.42. The molecule has 2 aliphatic rings. The summed E-state index contributed by atoms with van der Waals surface area (Å²) in [6, 6.07) is 17.0. The van der Waals surface area contributed by atoms with Gasteiger partial charge in [0, 0.05) is 62.5 Å². The Kier molecular flexibility index (Phi) is 6.76. The van der Waals surface area contributed by atoms with Crippen LogP contribution in [0.3, 0.4) is 0 Å². The van der Waals surface area contributed by atoms with Gasteiger partial charge in [-0.1, -0.05) is 36.4 Å². The molecule has 0 bridgehead atoms. The Morgan fingerprint density at radius 2 is 1.28 bits per heavy atom. The van der Waals surface area contributed by atoms with Gasteiger partial charge in [-0.25, -0.2) is 18.7 Å². The molecule has 2 atom stereocenters. The summed E-state index contributed by atoms with van der Waals surface area (Å²) in [5.41, 5.74) is 1.82. The van der Waals surface area contributed by atoms with E-state index in [9.17, 15) is 10.1 Å². The maximum atomic E-state index is 15.0. The van der Waals surface area contributed by atoms with Crippen molar-refractivity contribution in [3.05, 3.63) is 99.6 Å². The summed E-state index contributed by atoms with van der Waals surface area (Å²) in [6.45, 7) is 3.32. The second kappa shape index (κ2) is 10.5. The molecule has 1 aromatic heterocycles. The highest BCUT2D eigenvalue weighted by molar-refractivity contribution is 5.83. The summed E-state index contributed by atoms with van der Waals surface area (Å²) in [7, 11) is 0. The molecule has 0 saturated carbocycles. The Morgan fingerprint density at radius 1 is 0.769 bits per heavy atom. The van der Waals surface area contributed by atoms with E-state index in [2.05, 4.69) is 10.6 Å². The Labute approximate surface area is 223 Å². The van der Waals surface area contributed by atoms with Crippen LogP contribution < -0.4 is 20.4 Å². The number of piperazine rings is 2. The molecule has 3 heterocycles. The molecule has 0 radical (unpaired) electrons. The predicted octanol–water partition coefficient (Wildman–Crippen LogP) is 4.12. The molecule has 0 amide bonds. The van der Waals surface area contributed by atoms with Gasteiger partial charge in [-0.15, -0.1) is 0 Å². The van der Waals surface area contributed by atoms with E-state index in [1.54, 1.807) is 36.4 Å². The number of aromatic nitrogens is 2. The number of hydrogen-bond acceptors (Lipinski definition) is 8. The molecule has 2 N–H and O–H groups in total. The molecule has 6 rings (SSSR count). The lowest BCUT2D eigenvalue weighted by atomic mass is 10.0. The molecule has 9 nitrogen and oxygen atoms in total. The normalized spacial score (nSPS) is 19.8. The highest BCUT2D eigenvalue weighted by atomic mass is 19.1. The molecule has 2 aliphatic heterocycles. The van der Waals surface area contributed by atoms with Gasteiger partial charge in [0.15, 0.2) is 11.6 Å². The zero-order valence-corrected chi connectivity index (χ0v) is 21.1. The largest absolute Gasteiger partial charge is 0.344 e. The highest BCUT2D eigenvalue weighted by Gasteiger charge is 2.35. The van der Waals surface area contributed by atoms with Crippen molar-refractivity contribution in [2.75, 3.05) is 49.1 Å². The first kappa shape index (κ1) is 25.1. The van der Waals surface area contributed by atoms with Crippen molar-refractivity contribution < 1.29 is 13.7 Å². The molecule has 0 aliphatic carbocycles. The number of nitro groups is 1. The van der Waals surface area contributed by atoms with Crippen LogP contribution in [0.2, 0.25) is 0 Å². The van der Waals surface area contributed by atoms with E-state index in [0.717, 1.165) is 0 Å². The first-order valence-electron chi connectivity index (χ1n) is 12.9. The third-order valence-electron chi connectivity index (χ3n) is 7.38. The van der Waals surface area contributed by atoms with E-state index >= 15 is 8.78 Å². The molecule has 2 fully saturated rings. The summed E-state index contributed by atoms with van der Waals surface area (Å²) in [5.74, 6) is 0.386. The Bertz CT molecular complexity index is 1540. The molecule has 2 saturated heterocycles. The van der Waals surface area contributed by atoms with Crippen molar-refractivity contribution in [1.29, 1.82) is 0 Å². The van der Waals surface area contributed by atoms with E-state index in [1.807, 2.05) is 15.9 Å². The van der Waals surface area contributed by atoms with Gasteiger partial charge in [0.1, 0.15) is 11.6 Å². The second-order valence-corrected chi connectivity index (χ2v) is 9.67. The van der Waals surface area contributed by atoms with Crippen LogP contribution in [0.1, 0.15) is 23.2 Å². The summed E-state index contributed by atoms with van der Waals surface area (Å²) in [4.78, 5) is 25.0. The minimum Gasteiger partial charge on any atom is -0.344 e. The maximum absolute atomic E-state index is 15.0.